The smallest absolute Gasteiger partial charge is 0.317 e. The van der Waals surface area contributed by atoms with Gasteiger partial charge in [-0.1, -0.05) is 25.4 Å². The minimum Gasteiger partial charge on any atom is -0.494 e. The standard InChI is InChI=1S/C16H22ClN5O2/c1-10(2)15-19-14(9-18-16(23)21(3)4)22(20-15)12-8-11(17)6-7-13(12)24-5/h6-8,10H,9H2,1-5H3,(H,18,23). The Bertz CT molecular complexity index is 727. The van der Waals surface area contributed by atoms with E-state index in [4.69, 9.17) is 16.3 Å². The van der Waals surface area contributed by atoms with Crippen molar-refractivity contribution in [2.45, 2.75) is 26.3 Å². The third kappa shape index (κ3) is 3.97. The number of methoxy groups -OCH3 is 1. The van der Waals surface area contributed by atoms with Crippen LogP contribution in [-0.2, 0) is 6.54 Å². The monoisotopic (exact) mass is 351 g/mol. The minimum atomic E-state index is -0.200. The Hall–Kier alpha value is -2.28. The first kappa shape index (κ1) is 18.1. The van der Waals surface area contributed by atoms with E-state index in [0.29, 0.717) is 28.1 Å². The second-order valence-corrected chi connectivity index (χ2v) is 6.26. The molecule has 0 saturated carbocycles. The average Bonchev–Trinajstić information content (AvgIpc) is 2.96. The van der Waals surface area contributed by atoms with E-state index in [0.717, 1.165) is 0 Å². The molecule has 2 rings (SSSR count). The molecule has 24 heavy (non-hydrogen) atoms. The number of rotatable bonds is 5. The van der Waals surface area contributed by atoms with Crippen LogP contribution in [0.1, 0.15) is 31.4 Å². The maximum Gasteiger partial charge on any atom is 0.317 e. The van der Waals surface area contributed by atoms with Crippen molar-refractivity contribution in [3.63, 3.8) is 0 Å². The maximum atomic E-state index is 11.8. The Morgan fingerprint density at radius 1 is 1.42 bits per heavy atom. The van der Waals surface area contributed by atoms with Crippen LogP contribution in [0, 0.1) is 0 Å². The highest BCUT2D eigenvalue weighted by atomic mass is 35.5. The van der Waals surface area contributed by atoms with E-state index in [9.17, 15) is 4.79 Å². The minimum absolute atomic E-state index is 0.153. The van der Waals surface area contributed by atoms with Crippen LogP contribution in [0.25, 0.3) is 5.69 Å². The van der Waals surface area contributed by atoms with Crippen LogP contribution in [0.5, 0.6) is 5.75 Å². The van der Waals surface area contributed by atoms with Crippen molar-refractivity contribution in [3.05, 3.63) is 34.9 Å². The summed E-state index contributed by atoms with van der Waals surface area (Å²) in [4.78, 5) is 17.8. The van der Waals surface area contributed by atoms with E-state index >= 15 is 0 Å². The molecule has 1 N–H and O–H groups in total. The van der Waals surface area contributed by atoms with Gasteiger partial charge in [0, 0.05) is 25.0 Å². The molecule has 0 saturated heterocycles. The summed E-state index contributed by atoms with van der Waals surface area (Å²) in [5.74, 6) is 2.07. The van der Waals surface area contributed by atoms with Crippen molar-refractivity contribution in [2.24, 2.45) is 0 Å². The van der Waals surface area contributed by atoms with Gasteiger partial charge in [-0.2, -0.15) is 5.10 Å². The summed E-state index contributed by atoms with van der Waals surface area (Å²) >= 11 is 6.12. The summed E-state index contributed by atoms with van der Waals surface area (Å²) in [6, 6.07) is 5.08. The normalized spacial score (nSPS) is 10.8. The Morgan fingerprint density at radius 3 is 2.71 bits per heavy atom. The van der Waals surface area contributed by atoms with Crippen molar-refractivity contribution >= 4 is 17.6 Å². The molecule has 0 atom stereocenters. The molecule has 2 aromatic rings. The molecule has 0 unspecified atom stereocenters. The highest BCUT2D eigenvalue weighted by Crippen LogP contribution is 2.27. The number of nitrogens with one attached hydrogen (secondary N) is 1. The number of ether oxygens (including phenoxy) is 1. The molecule has 0 bridgehead atoms. The van der Waals surface area contributed by atoms with Crippen LogP contribution in [0.3, 0.4) is 0 Å². The SMILES string of the molecule is COc1ccc(Cl)cc1-n1nc(C(C)C)nc1CNC(=O)N(C)C. The number of carbonyl (C=O) groups is 1. The van der Waals surface area contributed by atoms with Gasteiger partial charge in [0.15, 0.2) is 11.6 Å². The van der Waals surface area contributed by atoms with Crippen LogP contribution in [-0.4, -0.2) is 46.9 Å². The van der Waals surface area contributed by atoms with Gasteiger partial charge >= 0.3 is 6.03 Å². The number of benzene rings is 1. The first-order valence-electron chi connectivity index (χ1n) is 7.58. The van der Waals surface area contributed by atoms with Crippen LogP contribution in [0.2, 0.25) is 5.02 Å². The quantitative estimate of drug-likeness (QED) is 0.899. The zero-order chi connectivity index (χ0) is 17.9. The van der Waals surface area contributed by atoms with Gasteiger partial charge < -0.3 is 15.0 Å². The fourth-order valence-electron chi connectivity index (χ4n) is 2.06. The molecule has 0 spiro atoms. The molecule has 1 aromatic carbocycles. The number of halogens is 1. The first-order chi connectivity index (χ1) is 11.3. The molecule has 1 aromatic heterocycles. The number of carbonyl (C=O) groups excluding carboxylic acids is 1. The molecule has 8 heteroatoms. The molecule has 0 fully saturated rings. The Balaban J connectivity index is 2.45. The van der Waals surface area contributed by atoms with Gasteiger partial charge in [0.2, 0.25) is 0 Å². The molecule has 7 nitrogen and oxygen atoms in total. The zero-order valence-corrected chi connectivity index (χ0v) is 15.3. The largest absolute Gasteiger partial charge is 0.494 e. The number of hydrogen-bond donors (Lipinski definition) is 1. The summed E-state index contributed by atoms with van der Waals surface area (Å²) < 4.78 is 7.06. The van der Waals surface area contributed by atoms with Crippen LogP contribution >= 0.6 is 11.6 Å². The van der Waals surface area contributed by atoms with E-state index in [1.807, 2.05) is 13.8 Å². The van der Waals surface area contributed by atoms with Crippen molar-refractivity contribution in [1.29, 1.82) is 0 Å². The Labute approximate surface area is 146 Å². The highest BCUT2D eigenvalue weighted by Gasteiger charge is 2.18. The lowest BCUT2D eigenvalue weighted by Gasteiger charge is -2.13. The van der Waals surface area contributed by atoms with Gasteiger partial charge in [-0.25, -0.2) is 14.5 Å². The predicted octanol–water partition coefficient (Wildman–Crippen LogP) is 2.82. The van der Waals surface area contributed by atoms with E-state index in [-0.39, 0.29) is 18.5 Å². The average molecular weight is 352 g/mol. The fraction of sp³-hybridized carbons (Fsp3) is 0.438. The molecule has 0 aliphatic carbocycles. The van der Waals surface area contributed by atoms with Gasteiger partial charge in [-0.05, 0) is 18.2 Å². The second kappa shape index (κ2) is 7.53. The summed E-state index contributed by atoms with van der Waals surface area (Å²) in [5.41, 5.74) is 0.679. The molecule has 2 amide bonds. The van der Waals surface area contributed by atoms with Crippen LogP contribution < -0.4 is 10.1 Å². The Kier molecular flexibility index (Phi) is 5.66. The van der Waals surface area contributed by atoms with Crippen LogP contribution in [0.15, 0.2) is 18.2 Å². The predicted molar refractivity (Wildman–Crippen MR) is 92.9 cm³/mol. The summed E-state index contributed by atoms with van der Waals surface area (Å²) in [6.07, 6.45) is 0. The molecule has 130 valence electrons. The van der Waals surface area contributed by atoms with Gasteiger partial charge in [0.1, 0.15) is 11.4 Å². The summed E-state index contributed by atoms with van der Waals surface area (Å²) in [6.45, 7) is 4.26. The second-order valence-electron chi connectivity index (χ2n) is 5.82. The first-order valence-corrected chi connectivity index (χ1v) is 7.96. The van der Waals surface area contributed by atoms with Gasteiger partial charge in [0.25, 0.3) is 0 Å². The lowest BCUT2D eigenvalue weighted by Crippen LogP contribution is -2.34. The van der Waals surface area contributed by atoms with E-state index in [1.165, 1.54) is 4.90 Å². The number of hydrogen-bond acceptors (Lipinski definition) is 4. The molecule has 1 heterocycles. The topological polar surface area (TPSA) is 72.3 Å². The summed E-state index contributed by atoms with van der Waals surface area (Å²) in [7, 11) is 4.94. The third-order valence-electron chi connectivity index (χ3n) is 3.38. The van der Waals surface area contributed by atoms with Gasteiger partial charge in [-0.15, -0.1) is 0 Å². The van der Waals surface area contributed by atoms with Gasteiger partial charge in [-0.3, -0.25) is 0 Å². The van der Waals surface area contributed by atoms with E-state index in [2.05, 4.69) is 15.4 Å². The summed E-state index contributed by atoms with van der Waals surface area (Å²) in [5, 5.41) is 7.92. The van der Waals surface area contributed by atoms with E-state index < -0.39 is 0 Å². The Morgan fingerprint density at radius 2 is 2.12 bits per heavy atom. The third-order valence-corrected chi connectivity index (χ3v) is 3.62. The number of amides is 2. The van der Waals surface area contributed by atoms with Crippen LogP contribution in [0.4, 0.5) is 4.79 Å². The number of aromatic nitrogens is 3. The maximum absolute atomic E-state index is 11.8. The highest BCUT2D eigenvalue weighted by molar-refractivity contribution is 6.30. The molecule has 0 aliphatic heterocycles. The lowest BCUT2D eigenvalue weighted by molar-refractivity contribution is 0.216. The fourth-order valence-corrected chi connectivity index (χ4v) is 2.22. The zero-order valence-electron chi connectivity index (χ0n) is 14.5. The van der Waals surface area contributed by atoms with Crippen molar-refractivity contribution < 1.29 is 9.53 Å². The molecule has 0 aliphatic rings. The van der Waals surface area contributed by atoms with Crippen molar-refractivity contribution in [3.8, 4) is 11.4 Å². The van der Waals surface area contributed by atoms with Gasteiger partial charge in [0.05, 0.1) is 13.7 Å². The van der Waals surface area contributed by atoms with Crippen molar-refractivity contribution in [2.75, 3.05) is 21.2 Å². The molecular formula is C16H22ClN5O2. The molecule has 0 radical (unpaired) electrons. The molecular weight excluding hydrogens is 330 g/mol. The number of urea groups is 1. The lowest BCUT2D eigenvalue weighted by atomic mass is 10.2. The van der Waals surface area contributed by atoms with E-state index in [1.54, 1.807) is 44.1 Å². The van der Waals surface area contributed by atoms with Crippen molar-refractivity contribution in [1.82, 2.24) is 25.0 Å². The number of nitrogens with zero attached hydrogens (tertiary/aromatic N) is 4.